The number of benzene rings is 1. The zero-order valence-corrected chi connectivity index (χ0v) is 19.8. The minimum atomic E-state index is -0.371. The van der Waals surface area contributed by atoms with Crippen molar-refractivity contribution in [2.75, 3.05) is 43.5 Å². The van der Waals surface area contributed by atoms with E-state index in [2.05, 4.69) is 50.8 Å². The van der Waals surface area contributed by atoms with Crippen LogP contribution in [0.2, 0.25) is 0 Å². The lowest BCUT2D eigenvalue weighted by molar-refractivity contribution is -0.117. The van der Waals surface area contributed by atoms with Crippen molar-refractivity contribution >= 4 is 28.3 Å². The summed E-state index contributed by atoms with van der Waals surface area (Å²) in [6, 6.07) is 9.61. The second-order valence-corrected chi connectivity index (χ2v) is 9.26. The van der Waals surface area contributed by atoms with Crippen LogP contribution in [-0.2, 0) is 15.1 Å². The number of ether oxygens (including phenoxy) is 1. The van der Waals surface area contributed by atoms with Gasteiger partial charge in [-0.3, -0.25) is 14.7 Å². The molecule has 2 aromatic heterocycles. The number of rotatable bonds is 9. The smallest absolute Gasteiger partial charge is 0.248 e. The normalized spacial score (nSPS) is 16.0. The quantitative estimate of drug-likeness (QED) is 0.517. The van der Waals surface area contributed by atoms with E-state index in [1.54, 1.807) is 12.5 Å². The number of carbonyl (C=O) groups excluding carboxylic acids is 1. The van der Waals surface area contributed by atoms with E-state index in [-0.39, 0.29) is 17.5 Å². The number of morpholine rings is 1. The lowest BCUT2D eigenvalue weighted by atomic mass is 10.0. The van der Waals surface area contributed by atoms with Crippen molar-refractivity contribution in [3.8, 4) is 0 Å². The summed E-state index contributed by atoms with van der Waals surface area (Å²) in [5.74, 6) is 0.468. The van der Waals surface area contributed by atoms with Gasteiger partial charge in [0.2, 0.25) is 5.91 Å². The summed E-state index contributed by atoms with van der Waals surface area (Å²) in [7, 11) is 0. The molecule has 0 spiro atoms. The number of anilines is 2. The number of imidazole rings is 1. The highest BCUT2D eigenvalue weighted by Crippen LogP contribution is 2.21. The van der Waals surface area contributed by atoms with Crippen LogP contribution in [0.15, 0.2) is 49.1 Å². The molecule has 8 heteroatoms. The van der Waals surface area contributed by atoms with Crippen LogP contribution in [0.1, 0.15) is 33.6 Å². The largest absolute Gasteiger partial charge is 0.379 e. The molecule has 1 aliphatic heterocycles. The number of nitrogens with one attached hydrogen (secondary N) is 2. The number of nitrogens with zero attached hydrogens (tertiary/aromatic N) is 4. The minimum absolute atomic E-state index is 0.0961. The first-order valence-electron chi connectivity index (χ1n) is 11.7. The Balaban J connectivity index is 1.41. The summed E-state index contributed by atoms with van der Waals surface area (Å²) in [5.41, 5.74) is 1.62. The van der Waals surface area contributed by atoms with E-state index in [9.17, 15) is 4.79 Å². The van der Waals surface area contributed by atoms with Crippen LogP contribution < -0.4 is 10.6 Å². The molecule has 2 N–H and O–H groups in total. The number of amides is 1. The third-order valence-corrected chi connectivity index (χ3v) is 6.07. The highest BCUT2D eigenvalue weighted by atomic mass is 16.5. The Bertz CT molecular complexity index is 1070. The van der Waals surface area contributed by atoms with Gasteiger partial charge >= 0.3 is 0 Å². The Kier molecular flexibility index (Phi) is 7.25. The zero-order valence-electron chi connectivity index (χ0n) is 19.8. The average Bonchev–Trinajstić information content (AvgIpc) is 3.29. The molecular formula is C25H34N6O2. The summed E-state index contributed by atoms with van der Waals surface area (Å²) < 4.78 is 7.53. The van der Waals surface area contributed by atoms with Gasteiger partial charge in [0.1, 0.15) is 6.04 Å². The summed E-state index contributed by atoms with van der Waals surface area (Å²) in [4.78, 5) is 24.4. The van der Waals surface area contributed by atoms with Gasteiger partial charge in [-0.2, -0.15) is 0 Å². The molecule has 176 valence electrons. The van der Waals surface area contributed by atoms with Gasteiger partial charge in [0.25, 0.3) is 0 Å². The van der Waals surface area contributed by atoms with Crippen molar-refractivity contribution in [3.63, 3.8) is 0 Å². The molecule has 1 unspecified atom stereocenters. The van der Waals surface area contributed by atoms with Gasteiger partial charge in [0.15, 0.2) is 5.82 Å². The van der Waals surface area contributed by atoms with Crippen LogP contribution in [0.5, 0.6) is 0 Å². The molecule has 8 nitrogen and oxygen atoms in total. The molecule has 1 atom stereocenters. The van der Waals surface area contributed by atoms with E-state index in [1.807, 2.05) is 36.5 Å². The minimum Gasteiger partial charge on any atom is -0.379 e. The van der Waals surface area contributed by atoms with Gasteiger partial charge in [0, 0.05) is 31.2 Å². The molecule has 1 aromatic carbocycles. The average molecular weight is 451 g/mol. The fraction of sp³-hybridized carbons (Fsp3) is 0.480. The third kappa shape index (κ3) is 5.89. The fourth-order valence-corrected chi connectivity index (χ4v) is 4.23. The van der Waals surface area contributed by atoms with Crippen LogP contribution in [0.3, 0.4) is 0 Å². The molecule has 1 saturated heterocycles. The molecule has 0 saturated carbocycles. The zero-order chi connectivity index (χ0) is 23.3. The molecule has 4 rings (SSSR count). The van der Waals surface area contributed by atoms with E-state index in [0.717, 1.165) is 55.9 Å². The molecule has 3 heterocycles. The SMILES string of the molecule is CCCC(Nc1cnc2ccccc2c1)C(=O)Nc1cn(C(C)(C)CN2CCOCC2)cn1. The molecular weight excluding hydrogens is 416 g/mol. The van der Waals surface area contributed by atoms with E-state index >= 15 is 0 Å². The molecule has 3 aromatic rings. The second kappa shape index (κ2) is 10.3. The van der Waals surface area contributed by atoms with Crippen LogP contribution in [0, 0.1) is 0 Å². The first-order chi connectivity index (χ1) is 15.9. The van der Waals surface area contributed by atoms with Crippen molar-refractivity contribution in [3.05, 3.63) is 49.1 Å². The maximum absolute atomic E-state index is 13.1. The number of hydrogen-bond acceptors (Lipinski definition) is 6. The van der Waals surface area contributed by atoms with Gasteiger partial charge in [0.05, 0.1) is 42.5 Å². The third-order valence-electron chi connectivity index (χ3n) is 6.07. The van der Waals surface area contributed by atoms with Crippen LogP contribution in [0.4, 0.5) is 11.5 Å². The number of fused-ring (bicyclic) bond motifs is 1. The standard InChI is InChI=1S/C25H34N6O2/c1-4-7-22(28-20-14-19-8-5-6-9-21(19)26-15-20)24(32)29-23-16-31(18-27-23)25(2,3)17-30-10-12-33-13-11-30/h5-6,8-9,14-16,18,22,28H,4,7,10-13,17H2,1-3H3,(H,29,32). The van der Waals surface area contributed by atoms with Crippen molar-refractivity contribution in [1.29, 1.82) is 0 Å². The van der Waals surface area contributed by atoms with Gasteiger partial charge in [-0.15, -0.1) is 0 Å². The maximum atomic E-state index is 13.1. The Labute approximate surface area is 195 Å². The van der Waals surface area contributed by atoms with Crippen LogP contribution in [0.25, 0.3) is 10.9 Å². The fourth-order valence-electron chi connectivity index (χ4n) is 4.23. The number of para-hydroxylation sites is 1. The molecule has 0 aliphatic carbocycles. The van der Waals surface area contributed by atoms with Crippen molar-refractivity contribution in [2.24, 2.45) is 0 Å². The highest BCUT2D eigenvalue weighted by molar-refractivity contribution is 5.96. The summed E-state index contributed by atoms with van der Waals surface area (Å²) in [6.45, 7) is 10.8. The second-order valence-electron chi connectivity index (χ2n) is 9.26. The summed E-state index contributed by atoms with van der Waals surface area (Å²) in [5, 5.41) is 7.39. The van der Waals surface area contributed by atoms with E-state index in [4.69, 9.17) is 4.74 Å². The van der Waals surface area contributed by atoms with Crippen LogP contribution in [-0.4, -0.2) is 64.2 Å². The Morgan fingerprint density at radius 2 is 2.00 bits per heavy atom. The summed E-state index contributed by atoms with van der Waals surface area (Å²) in [6.07, 6.45) is 7.08. The Morgan fingerprint density at radius 1 is 1.21 bits per heavy atom. The van der Waals surface area contributed by atoms with Gasteiger partial charge < -0.3 is 19.9 Å². The van der Waals surface area contributed by atoms with Crippen LogP contribution >= 0.6 is 0 Å². The van der Waals surface area contributed by atoms with E-state index in [0.29, 0.717) is 12.2 Å². The topological polar surface area (TPSA) is 84.3 Å². The van der Waals surface area contributed by atoms with E-state index in [1.165, 1.54) is 0 Å². The lowest BCUT2D eigenvalue weighted by Crippen LogP contribution is -2.45. The maximum Gasteiger partial charge on any atom is 0.248 e. The Morgan fingerprint density at radius 3 is 2.79 bits per heavy atom. The highest BCUT2D eigenvalue weighted by Gasteiger charge is 2.26. The number of hydrogen-bond donors (Lipinski definition) is 2. The molecule has 0 radical (unpaired) electrons. The van der Waals surface area contributed by atoms with Gasteiger partial charge in [-0.1, -0.05) is 31.5 Å². The lowest BCUT2D eigenvalue weighted by Gasteiger charge is -2.35. The summed E-state index contributed by atoms with van der Waals surface area (Å²) >= 11 is 0. The van der Waals surface area contributed by atoms with Gasteiger partial charge in [-0.25, -0.2) is 4.98 Å². The number of carbonyl (C=O) groups is 1. The number of aromatic nitrogens is 3. The Hall–Kier alpha value is -2.97. The first kappa shape index (κ1) is 23.2. The predicted molar refractivity (Wildman–Crippen MR) is 131 cm³/mol. The first-order valence-corrected chi connectivity index (χ1v) is 11.7. The van der Waals surface area contributed by atoms with Crippen molar-refractivity contribution in [2.45, 2.75) is 45.2 Å². The number of pyridine rings is 1. The van der Waals surface area contributed by atoms with Crippen molar-refractivity contribution < 1.29 is 9.53 Å². The van der Waals surface area contributed by atoms with E-state index < -0.39 is 0 Å². The van der Waals surface area contributed by atoms with Crippen molar-refractivity contribution in [1.82, 2.24) is 19.4 Å². The predicted octanol–water partition coefficient (Wildman–Crippen LogP) is 3.72. The monoisotopic (exact) mass is 450 g/mol. The molecule has 1 aliphatic rings. The van der Waals surface area contributed by atoms with Gasteiger partial charge in [-0.05, 0) is 32.4 Å². The molecule has 0 bridgehead atoms. The molecule has 33 heavy (non-hydrogen) atoms. The molecule has 1 fully saturated rings. The molecule has 1 amide bonds.